The first-order valence-electron chi connectivity index (χ1n) is 12.9. The Labute approximate surface area is 197 Å². The Morgan fingerprint density at radius 3 is 2.22 bits per heavy atom. The molecular formula is C28H49N3O. The van der Waals surface area contributed by atoms with Crippen LogP contribution in [0.3, 0.4) is 0 Å². The summed E-state index contributed by atoms with van der Waals surface area (Å²) in [4.78, 5) is 17.4. The van der Waals surface area contributed by atoms with E-state index in [2.05, 4.69) is 77.6 Å². The van der Waals surface area contributed by atoms with Crippen LogP contribution in [0.4, 0.5) is 5.69 Å². The lowest BCUT2D eigenvalue weighted by Crippen LogP contribution is -2.52. The molecule has 1 saturated heterocycles. The van der Waals surface area contributed by atoms with Crippen LogP contribution >= 0.6 is 0 Å². The average molecular weight is 444 g/mol. The molecule has 4 heteroatoms. The lowest BCUT2D eigenvalue weighted by atomic mass is 9.88. The largest absolute Gasteiger partial charge is 0.368 e. The number of hydrogen-bond acceptors (Lipinski definition) is 3. The number of benzene rings is 1. The number of piperidine rings is 1. The van der Waals surface area contributed by atoms with E-state index in [-0.39, 0.29) is 17.9 Å². The number of carbonyl (C=O) groups is 1. The third-order valence-corrected chi connectivity index (χ3v) is 7.14. The summed E-state index contributed by atoms with van der Waals surface area (Å²) in [6.45, 7) is 18.4. The Balaban J connectivity index is 2.04. The standard InChI is InChI=1S/C28H49N3O/c1-8-22(4)26(29)27(32)30-18-15-25(16-19-30)31(20-14-21(2)3)24-11-9-23(10-12-24)13-17-28(5,6)7/h9-12,21-22,25-26H,8,13-20,29H2,1-7H3/t22?,26-/m0/s1. The van der Waals surface area contributed by atoms with Crippen molar-refractivity contribution >= 4 is 11.6 Å². The minimum Gasteiger partial charge on any atom is -0.368 e. The molecular weight excluding hydrogens is 394 g/mol. The van der Waals surface area contributed by atoms with Gasteiger partial charge in [0.15, 0.2) is 0 Å². The van der Waals surface area contributed by atoms with Crippen LogP contribution in [0.2, 0.25) is 0 Å². The number of amides is 1. The second-order valence-corrected chi connectivity index (χ2v) is 11.6. The number of nitrogens with zero attached hydrogens (tertiary/aromatic N) is 2. The molecule has 0 saturated carbocycles. The quantitative estimate of drug-likeness (QED) is 0.491. The number of nitrogens with two attached hydrogens (primary N) is 1. The summed E-state index contributed by atoms with van der Waals surface area (Å²) in [7, 11) is 0. The van der Waals surface area contributed by atoms with E-state index in [0.29, 0.717) is 17.4 Å². The van der Waals surface area contributed by atoms with Gasteiger partial charge in [-0.05, 0) is 67.1 Å². The molecule has 0 aromatic heterocycles. The zero-order valence-electron chi connectivity index (χ0n) is 21.9. The van der Waals surface area contributed by atoms with Gasteiger partial charge in [-0.1, -0.05) is 67.0 Å². The smallest absolute Gasteiger partial charge is 0.239 e. The molecule has 2 rings (SSSR count). The van der Waals surface area contributed by atoms with Crippen molar-refractivity contribution in [1.82, 2.24) is 4.90 Å². The van der Waals surface area contributed by atoms with Gasteiger partial charge in [0.2, 0.25) is 5.91 Å². The molecule has 1 aromatic rings. The highest BCUT2D eigenvalue weighted by Crippen LogP contribution is 2.27. The van der Waals surface area contributed by atoms with E-state index in [1.54, 1.807) is 0 Å². The van der Waals surface area contributed by atoms with E-state index >= 15 is 0 Å². The van der Waals surface area contributed by atoms with E-state index in [4.69, 9.17) is 5.73 Å². The SMILES string of the molecule is CCC(C)[C@H](N)C(=O)N1CCC(N(CCC(C)C)c2ccc(CCC(C)(C)C)cc2)CC1. The molecule has 0 bridgehead atoms. The van der Waals surface area contributed by atoms with Gasteiger partial charge in [0.05, 0.1) is 6.04 Å². The third kappa shape index (κ3) is 8.10. The van der Waals surface area contributed by atoms with E-state index < -0.39 is 0 Å². The summed E-state index contributed by atoms with van der Waals surface area (Å²) in [5.41, 5.74) is 9.35. The second-order valence-electron chi connectivity index (χ2n) is 11.6. The highest BCUT2D eigenvalue weighted by Gasteiger charge is 2.31. The van der Waals surface area contributed by atoms with Crippen molar-refractivity contribution in [3.63, 3.8) is 0 Å². The van der Waals surface area contributed by atoms with Crippen molar-refractivity contribution in [3.8, 4) is 0 Å². The molecule has 1 heterocycles. The molecule has 1 aliphatic heterocycles. The number of rotatable bonds is 10. The van der Waals surface area contributed by atoms with Crippen LogP contribution in [-0.2, 0) is 11.2 Å². The third-order valence-electron chi connectivity index (χ3n) is 7.14. The Kier molecular flexibility index (Phi) is 10.1. The van der Waals surface area contributed by atoms with Gasteiger partial charge >= 0.3 is 0 Å². The first kappa shape index (κ1) is 26.7. The van der Waals surface area contributed by atoms with Crippen molar-refractivity contribution in [3.05, 3.63) is 29.8 Å². The first-order chi connectivity index (χ1) is 15.0. The topological polar surface area (TPSA) is 49.6 Å². The summed E-state index contributed by atoms with van der Waals surface area (Å²) in [6.07, 6.45) is 6.50. The highest BCUT2D eigenvalue weighted by atomic mass is 16.2. The van der Waals surface area contributed by atoms with Crippen LogP contribution in [0.15, 0.2) is 24.3 Å². The van der Waals surface area contributed by atoms with Crippen LogP contribution in [-0.4, -0.2) is 42.5 Å². The molecule has 1 amide bonds. The molecule has 1 aliphatic rings. The molecule has 2 atom stereocenters. The van der Waals surface area contributed by atoms with Gasteiger partial charge in [-0.2, -0.15) is 0 Å². The average Bonchev–Trinajstić information content (AvgIpc) is 2.76. The lowest BCUT2D eigenvalue weighted by molar-refractivity contribution is -0.134. The molecule has 32 heavy (non-hydrogen) atoms. The zero-order chi connectivity index (χ0) is 23.9. The number of hydrogen-bond donors (Lipinski definition) is 1. The van der Waals surface area contributed by atoms with Crippen molar-refractivity contribution in [2.24, 2.45) is 23.0 Å². The molecule has 2 N–H and O–H groups in total. The molecule has 0 radical (unpaired) electrons. The summed E-state index contributed by atoms with van der Waals surface area (Å²) in [5.74, 6) is 1.05. The summed E-state index contributed by atoms with van der Waals surface area (Å²) in [5, 5.41) is 0. The van der Waals surface area contributed by atoms with E-state index in [1.807, 2.05) is 4.90 Å². The normalized spacial score (nSPS) is 17.5. The number of likely N-dealkylation sites (tertiary alicyclic amines) is 1. The number of carbonyl (C=O) groups excluding carboxylic acids is 1. The molecule has 1 aromatic carbocycles. The summed E-state index contributed by atoms with van der Waals surface area (Å²) >= 11 is 0. The Hall–Kier alpha value is -1.55. The summed E-state index contributed by atoms with van der Waals surface area (Å²) in [6, 6.07) is 9.37. The van der Waals surface area contributed by atoms with Crippen LogP contribution in [0.1, 0.15) is 86.1 Å². The number of anilines is 1. The fourth-order valence-corrected chi connectivity index (χ4v) is 4.40. The van der Waals surface area contributed by atoms with Crippen LogP contribution in [0, 0.1) is 17.3 Å². The van der Waals surface area contributed by atoms with Gasteiger partial charge in [-0.25, -0.2) is 0 Å². The van der Waals surface area contributed by atoms with Gasteiger partial charge in [0, 0.05) is 31.4 Å². The molecule has 182 valence electrons. The fourth-order valence-electron chi connectivity index (χ4n) is 4.40. The zero-order valence-corrected chi connectivity index (χ0v) is 21.9. The van der Waals surface area contributed by atoms with Crippen molar-refractivity contribution < 1.29 is 4.79 Å². The minimum atomic E-state index is -0.366. The molecule has 1 unspecified atom stereocenters. The van der Waals surface area contributed by atoms with Gasteiger partial charge in [-0.3, -0.25) is 4.79 Å². The van der Waals surface area contributed by atoms with Crippen molar-refractivity contribution in [2.75, 3.05) is 24.5 Å². The predicted molar refractivity (Wildman–Crippen MR) is 138 cm³/mol. The molecule has 0 spiro atoms. The second kappa shape index (κ2) is 12.1. The maximum Gasteiger partial charge on any atom is 0.239 e. The Bertz CT molecular complexity index is 684. The maximum atomic E-state index is 12.8. The Morgan fingerprint density at radius 1 is 1.12 bits per heavy atom. The van der Waals surface area contributed by atoms with E-state index in [0.717, 1.165) is 45.3 Å². The first-order valence-corrected chi connectivity index (χ1v) is 12.9. The molecule has 1 fully saturated rings. The molecule has 0 aliphatic carbocycles. The van der Waals surface area contributed by atoms with Crippen molar-refractivity contribution in [2.45, 2.75) is 99.1 Å². The van der Waals surface area contributed by atoms with Gasteiger partial charge in [0.25, 0.3) is 0 Å². The fraction of sp³-hybridized carbons (Fsp3) is 0.750. The maximum absolute atomic E-state index is 12.8. The van der Waals surface area contributed by atoms with Gasteiger partial charge < -0.3 is 15.5 Å². The lowest BCUT2D eigenvalue weighted by Gasteiger charge is -2.41. The Morgan fingerprint density at radius 2 is 1.72 bits per heavy atom. The van der Waals surface area contributed by atoms with E-state index in [1.165, 1.54) is 24.1 Å². The van der Waals surface area contributed by atoms with Crippen molar-refractivity contribution in [1.29, 1.82) is 0 Å². The monoisotopic (exact) mass is 443 g/mol. The van der Waals surface area contributed by atoms with E-state index in [9.17, 15) is 4.79 Å². The van der Waals surface area contributed by atoms with Crippen LogP contribution in [0.5, 0.6) is 0 Å². The van der Waals surface area contributed by atoms with Crippen LogP contribution in [0.25, 0.3) is 0 Å². The van der Waals surface area contributed by atoms with Gasteiger partial charge in [-0.15, -0.1) is 0 Å². The summed E-state index contributed by atoms with van der Waals surface area (Å²) < 4.78 is 0. The molecule has 4 nitrogen and oxygen atoms in total. The number of aryl methyl sites for hydroxylation is 1. The highest BCUT2D eigenvalue weighted by molar-refractivity contribution is 5.82. The van der Waals surface area contributed by atoms with Crippen LogP contribution < -0.4 is 10.6 Å². The predicted octanol–water partition coefficient (Wildman–Crippen LogP) is 5.88. The minimum absolute atomic E-state index is 0.134. The van der Waals surface area contributed by atoms with Gasteiger partial charge in [0.1, 0.15) is 0 Å².